The zero-order valence-corrected chi connectivity index (χ0v) is 15.7. The lowest BCUT2D eigenvalue weighted by Gasteiger charge is -2.26. The Morgan fingerprint density at radius 3 is 2.68 bits per heavy atom. The smallest absolute Gasteiger partial charge is 0.416 e. The van der Waals surface area contributed by atoms with Gasteiger partial charge in [-0.2, -0.15) is 13.2 Å². The quantitative estimate of drug-likeness (QED) is 0.540. The highest BCUT2D eigenvalue weighted by Gasteiger charge is 2.30. The molecule has 0 atom stereocenters. The fraction of sp³-hybridized carbons (Fsp3) is 0.304. The molecule has 146 valence electrons. The summed E-state index contributed by atoms with van der Waals surface area (Å²) in [6, 6.07) is 13.9. The number of nitrogens with zero attached hydrogens (tertiary/aromatic N) is 1. The van der Waals surface area contributed by atoms with Crippen LogP contribution in [0.1, 0.15) is 28.9 Å². The second kappa shape index (κ2) is 7.47. The van der Waals surface area contributed by atoms with Gasteiger partial charge in [0.1, 0.15) is 11.3 Å². The topological polar surface area (TPSA) is 16.4 Å². The van der Waals surface area contributed by atoms with Gasteiger partial charge in [0.15, 0.2) is 0 Å². The molecule has 2 aromatic carbocycles. The highest BCUT2D eigenvalue weighted by molar-refractivity contribution is 5.78. The van der Waals surface area contributed by atoms with Crippen LogP contribution in [-0.4, -0.2) is 24.5 Å². The number of benzene rings is 2. The molecule has 0 fully saturated rings. The van der Waals surface area contributed by atoms with Gasteiger partial charge in [0.2, 0.25) is 0 Å². The highest BCUT2D eigenvalue weighted by Crippen LogP contribution is 2.32. The van der Waals surface area contributed by atoms with Gasteiger partial charge in [0, 0.05) is 25.0 Å². The SMILES string of the molecule is Cc1cc2cc(CCN3CC=C(c4cccc(C(F)(F)F)c4)CC3)ccc2o1. The van der Waals surface area contributed by atoms with Gasteiger partial charge in [0.25, 0.3) is 0 Å². The molecule has 2 heterocycles. The number of fused-ring (bicyclic) bond motifs is 1. The van der Waals surface area contributed by atoms with Crippen LogP contribution in [-0.2, 0) is 12.6 Å². The molecule has 0 radical (unpaired) electrons. The number of aryl methyl sites for hydroxylation is 1. The van der Waals surface area contributed by atoms with E-state index >= 15 is 0 Å². The number of halogens is 3. The molecule has 0 spiro atoms. The zero-order chi connectivity index (χ0) is 19.7. The van der Waals surface area contributed by atoms with Crippen LogP contribution in [0.3, 0.4) is 0 Å². The predicted molar refractivity (Wildman–Crippen MR) is 105 cm³/mol. The average Bonchev–Trinajstić information content (AvgIpc) is 3.05. The Morgan fingerprint density at radius 1 is 1.07 bits per heavy atom. The predicted octanol–water partition coefficient (Wildman–Crippen LogP) is 6.09. The summed E-state index contributed by atoms with van der Waals surface area (Å²) in [4.78, 5) is 2.34. The van der Waals surface area contributed by atoms with Gasteiger partial charge in [0.05, 0.1) is 5.56 Å². The van der Waals surface area contributed by atoms with E-state index in [1.54, 1.807) is 6.07 Å². The Balaban J connectivity index is 1.38. The lowest BCUT2D eigenvalue weighted by Crippen LogP contribution is -2.30. The van der Waals surface area contributed by atoms with Gasteiger partial charge in [-0.3, -0.25) is 4.90 Å². The molecule has 0 aliphatic carbocycles. The van der Waals surface area contributed by atoms with E-state index in [0.717, 1.165) is 60.8 Å². The van der Waals surface area contributed by atoms with E-state index in [2.05, 4.69) is 23.1 Å². The maximum absolute atomic E-state index is 12.9. The Morgan fingerprint density at radius 2 is 1.93 bits per heavy atom. The molecular weight excluding hydrogens is 363 g/mol. The second-order valence-corrected chi connectivity index (χ2v) is 7.34. The first-order valence-corrected chi connectivity index (χ1v) is 9.46. The molecule has 3 aromatic rings. The maximum Gasteiger partial charge on any atom is 0.416 e. The average molecular weight is 385 g/mol. The molecule has 1 aliphatic heterocycles. The molecule has 0 saturated heterocycles. The van der Waals surface area contributed by atoms with E-state index in [1.807, 2.05) is 19.1 Å². The van der Waals surface area contributed by atoms with Gasteiger partial charge in [-0.25, -0.2) is 0 Å². The molecule has 5 heteroatoms. The third kappa shape index (κ3) is 4.14. The van der Waals surface area contributed by atoms with Crippen LogP contribution in [0.15, 0.2) is 59.0 Å². The summed E-state index contributed by atoms with van der Waals surface area (Å²) in [5.74, 6) is 0.912. The minimum atomic E-state index is -4.30. The fourth-order valence-corrected chi connectivity index (χ4v) is 3.74. The van der Waals surface area contributed by atoms with Crippen molar-refractivity contribution in [1.29, 1.82) is 0 Å². The molecular formula is C23H22F3NO. The zero-order valence-electron chi connectivity index (χ0n) is 15.7. The lowest BCUT2D eigenvalue weighted by atomic mass is 9.97. The number of furan rings is 1. The maximum atomic E-state index is 12.9. The van der Waals surface area contributed by atoms with Crippen molar-refractivity contribution in [2.75, 3.05) is 19.6 Å². The van der Waals surface area contributed by atoms with Crippen LogP contribution in [0.25, 0.3) is 16.5 Å². The van der Waals surface area contributed by atoms with Crippen molar-refractivity contribution in [3.8, 4) is 0 Å². The van der Waals surface area contributed by atoms with Crippen molar-refractivity contribution in [2.45, 2.75) is 25.9 Å². The van der Waals surface area contributed by atoms with Crippen molar-refractivity contribution in [3.05, 3.63) is 77.1 Å². The van der Waals surface area contributed by atoms with E-state index in [0.29, 0.717) is 5.56 Å². The monoisotopic (exact) mass is 385 g/mol. The number of hydrogen-bond donors (Lipinski definition) is 0. The van der Waals surface area contributed by atoms with Crippen LogP contribution in [0, 0.1) is 6.92 Å². The Labute approximate surface area is 162 Å². The molecule has 0 N–H and O–H groups in total. The lowest BCUT2D eigenvalue weighted by molar-refractivity contribution is -0.137. The van der Waals surface area contributed by atoms with Crippen LogP contribution < -0.4 is 0 Å². The Hall–Kier alpha value is -2.53. The van der Waals surface area contributed by atoms with Crippen molar-refractivity contribution in [2.24, 2.45) is 0 Å². The minimum absolute atomic E-state index is 0.585. The van der Waals surface area contributed by atoms with Crippen molar-refractivity contribution < 1.29 is 17.6 Å². The van der Waals surface area contributed by atoms with Crippen molar-refractivity contribution in [3.63, 3.8) is 0 Å². The van der Waals surface area contributed by atoms with E-state index in [1.165, 1.54) is 17.7 Å². The van der Waals surface area contributed by atoms with Crippen LogP contribution in [0.2, 0.25) is 0 Å². The van der Waals surface area contributed by atoms with Gasteiger partial charge in [-0.15, -0.1) is 0 Å². The molecule has 1 aromatic heterocycles. The van der Waals surface area contributed by atoms with Crippen LogP contribution in [0.5, 0.6) is 0 Å². The van der Waals surface area contributed by atoms with E-state index < -0.39 is 11.7 Å². The van der Waals surface area contributed by atoms with E-state index in [4.69, 9.17) is 4.42 Å². The third-order valence-corrected chi connectivity index (χ3v) is 5.27. The summed E-state index contributed by atoms with van der Waals surface area (Å²) >= 11 is 0. The van der Waals surface area contributed by atoms with Crippen molar-refractivity contribution in [1.82, 2.24) is 4.90 Å². The summed E-state index contributed by atoms with van der Waals surface area (Å²) in [6.45, 7) is 4.49. The number of alkyl halides is 3. The van der Waals surface area contributed by atoms with Gasteiger partial charge < -0.3 is 4.42 Å². The van der Waals surface area contributed by atoms with E-state index in [9.17, 15) is 13.2 Å². The number of hydrogen-bond acceptors (Lipinski definition) is 2. The number of rotatable bonds is 4. The van der Waals surface area contributed by atoms with Crippen molar-refractivity contribution >= 4 is 16.5 Å². The summed E-state index contributed by atoms with van der Waals surface area (Å²) in [6.07, 6.45) is -0.540. The van der Waals surface area contributed by atoms with Crippen LogP contribution >= 0.6 is 0 Å². The summed E-state index contributed by atoms with van der Waals surface area (Å²) < 4.78 is 44.4. The molecule has 28 heavy (non-hydrogen) atoms. The molecule has 0 amide bonds. The Bertz CT molecular complexity index is 1020. The first-order chi connectivity index (χ1) is 13.4. The standard InChI is InChI=1S/C23H22F3NO/c1-16-13-20-14-17(5-6-22(20)28-16)7-10-27-11-8-18(9-12-27)19-3-2-4-21(15-19)23(24,25)26/h2-6,8,13-15H,7,9-12H2,1H3. The molecule has 4 rings (SSSR count). The molecule has 2 nitrogen and oxygen atoms in total. The van der Waals surface area contributed by atoms with Gasteiger partial charge in [-0.05, 0) is 66.8 Å². The van der Waals surface area contributed by atoms with Crippen LogP contribution in [0.4, 0.5) is 13.2 Å². The molecule has 0 bridgehead atoms. The first-order valence-electron chi connectivity index (χ1n) is 9.46. The summed E-state index contributed by atoms with van der Waals surface area (Å²) in [7, 11) is 0. The largest absolute Gasteiger partial charge is 0.461 e. The fourth-order valence-electron chi connectivity index (χ4n) is 3.74. The molecule has 0 saturated carbocycles. The summed E-state index contributed by atoms with van der Waals surface area (Å²) in [5.41, 5.74) is 3.26. The highest BCUT2D eigenvalue weighted by atomic mass is 19.4. The van der Waals surface area contributed by atoms with Gasteiger partial charge in [-0.1, -0.05) is 24.3 Å². The summed E-state index contributed by atoms with van der Waals surface area (Å²) in [5, 5.41) is 1.13. The first kappa shape index (κ1) is 18.8. The second-order valence-electron chi connectivity index (χ2n) is 7.34. The van der Waals surface area contributed by atoms with E-state index in [-0.39, 0.29) is 0 Å². The molecule has 1 aliphatic rings. The van der Waals surface area contributed by atoms with Gasteiger partial charge >= 0.3 is 6.18 Å². The minimum Gasteiger partial charge on any atom is -0.461 e. The normalized spacial score (nSPS) is 15.8. The third-order valence-electron chi connectivity index (χ3n) is 5.27. The Kier molecular flexibility index (Phi) is 5.02. The molecule has 0 unspecified atom stereocenters.